The normalized spacial score (nSPS) is 33.1. The fraction of sp³-hybridized carbons (Fsp3) is 0.882. The van der Waals surface area contributed by atoms with Crippen molar-refractivity contribution in [3.63, 3.8) is 0 Å². The minimum atomic E-state index is -0.342. The first-order valence-corrected chi connectivity index (χ1v) is 8.90. The van der Waals surface area contributed by atoms with Gasteiger partial charge in [0.05, 0.1) is 6.10 Å². The van der Waals surface area contributed by atoms with Crippen molar-refractivity contribution in [2.24, 2.45) is 11.8 Å². The summed E-state index contributed by atoms with van der Waals surface area (Å²) in [7, 11) is 0. The van der Waals surface area contributed by atoms with Crippen molar-refractivity contribution in [2.45, 2.75) is 69.9 Å². The number of amides is 2. The predicted molar refractivity (Wildman–Crippen MR) is 83.1 cm³/mol. The number of carbonyl (C=O) groups excluding carboxylic acids is 2. The van der Waals surface area contributed by atoms with E-state index < -0.39 is 0 Å². The summed E-state index contributed by atoms with van der Waals surface area (Å²) in [5.74, 6) is 0.752. The summed E-state index contributed by atoms with van der Waals surface area (Å²) >= 11 is 0. The van der Waals surface area contributed by atoms with Gasteiger partial charge in [0, 0.05) is 31.0 Å². The van der Waals surface area contributed by atoms with Gasteiger partial charge in [-0.05, 0) is 44.9 Å². The van der Waals surface area contributed by atoms with Gasteiger partial charge in [-0.1, -0.05) is 12.8 Å². The van der Waals surface area contributed by atoms with Gasteiger partial charge in [0.25, 0.3) is 0 Å². The lowest BCUT2D eigenvalue weighted by atomic mass is 9.85. The van der Waals surface area contributed by atoms with E-state index in [1.807, 2.05) is 4.90 Å². The number of nitrogens with zero attached hydrogens (tertiary/aromatic N) is 1. The number of nitrogens with one attached hydrogen (secondary N) is 1. The Morgan fingerprint density at radius 3 is 2.18 bits per heavy atom. The van der Waals surface area contributed by atoms with E-state index in [2.05, 4.69) is 5.32 Å². The highest BCUT2D eigenvalue weighted by Crippen LogP contribution is 2.29. The van der Waals surface area contributed by atoms with Crippen LogP contribution in [0.5, 0.6) is 0 Å². The van der Waals surface area contributed by atoms with Crippen LogP contribution >= 0.6 is 0 Å². The third-order valence-corrected chi connectivity index (χ3v) is 5.62. The number of rotatable bonds is 3. The summed E-state index contributed by atoms with van der Waals surface area (Å²) in [4.78, 5) is 26.4. The van der Waals surface area contributed by atoms with Crippen molar-refractivity contribution >= 4 is 11.8 Å². The van der Waals surface area contributed by atoms with Gasteiger partial charge in [0.1, 0.15) is 0 Å². The quantitative estimate of drug-likeness (QED) is 0.829. The van der Waals surface area contributed by atoms with Crippen molar-refractivity contribution in [3.8, 4) is 0 Å². The van der Waals surface area contributed by atoms with E-state index in [0.717, 1.165) is 38.5 Å². The first kappa shape index (κ1) is 15.8. The van der Waals surface area contributed by atoms with Gasteiger partial charge in [-0.15, -0.1) is 0 Å². The van der Waals surface area contributed by atoms with Crippen LogP contribution in [0.4, 0.5) is 0 Å². The highest BCUT2D eigenvalue weighted by molar-refractivity contribution is 5.80. The predicted octanol–water partition coefficient (Wildman–Crippen LogP) is 1.44. The molecule has 2 N–H and O–H groups in total. The lowest BCUT2D eigenvalue weighted by Gasteiger charge is -2.31. The van der Waals surface area contributed by atoms with Crippen LogP contribution < -0.4 is 5.32 Å². The number of β-amino-alcohol motifs (C(OH)–C–C–N with tert-alkyl or cyclic N) is 1. The minimum absolute atomic E-state index is 0.0879. The maximum Gasteiger partial charge on any atom is 0.225 e. The van der Waals surface area contributed by atoms with E-state index in [9.17, 15) is 14.7 Å². The zero-order valence-corrected chi connectivity index (χ0v) is 13.3. The Labute approximate surface area is 132 Å². The summed E-state index contributed by atoms with van der Waals surface area (Å²) in [6, 6.07) is 0.251. The standard InChI is InChI=1S/C17H28N2O3/c20-15-9-10-19(11-15)17(22)13-5-7-14(8-6-13)18-16(21)12-3-1-2-4-12/h12-15,20H,1-11H2,(H,18,21)/t13?,14?,15-/m1/s1. The molecule has 0 aromatic carbocycles. The molecule has 3 fully saturated rings. The molecule has 1 saturated heterocycles. The van der Waals surface area contributed by atoms with Crippen molar-refractivity contribution in [2.75, 3.05) is 13.1 Å². The van der Waals surface area contributed by atoms with Gasteiger partial charge in [-0.25, -0.2) is 0 Å². The van der Waals surface area contributed by atoms with Crippen LogP contribution in [-0.2, 0) is 9.59 Å². The summed E-state index contributed by atoms with van der Waals surface area (Å²) in [6.45, 7) is 1.19. The molecular weight excluding hydrogens is 280 g/mol. The molecule has 0 spiro atoms. The minimum Gasteiger partial charge on any atom is -0.391 e. The molecule has 0 radical (unpaired) electrons. The molecule has 0 aromatic rings. The van der Waals surface area contributed by atoms with Crippen LogP contribution in [0.15, 0.2) is 0 Å². The number of hydrogen-bond acceptors (Lipinski definition) is 3. The fourth-order valence-electron chi connectivity index (χ4n) is 4.19. The second kappa shape index (κ2) is 6.99. The Hall–Kier alpha value is -1.10. The summed E-state index contributed by atoms with van der Waals surface area (Å²) in [6.07, 6.45) is 8.35. The Balaban J connectivity index is 1.42. The fourth-order valence-corrected chi connectivity index (χ4v) is 4.19. The number of aliphatic hydroxyl groups excluding tert-OH is 1. The summed E-state index contributed by atoms with van der Waals surface area (Å²) in [5.41, 5.74) is 0. The molecule has 2 aliphatic carbocycles. The van der Waals surface area contributed by atoms with E-state index in [0.29, 0.717) is 19.5 Å². The highest BCUT2D eigenvalue weighted by Gasteiger charge is 2.33. The number of carbonyl (C=O) groups is 2. The van der Waals surface area contributed by atoms with Crippen LogP contribution in [-0.4, -0.2) is 47.1 Å². The Kier molecular flexibility index (Phi) is 5.01. The average molecular weight is 308 g/mol. The lowest BCUT2D eigenvalue weighted by molar-refractivity contribution is -0.136. The van der Waals surface area contributed by atoms with Gasteiger partial charge in [-0.2, -0.15) is 0 Å². The smallest absolute Gasteiger partial charge is 0.225 e. The molecular formula is C17H28N2O3. The van der Waals surface area contributed by atoms with Gasteiger partial charge >= 0.3 is 0 Å². The third kappa shape index (κ3) is 3.62. The molecule has 1 heterocycles. The van der Waals surface area contributed by atoms with Crippen molar-refractivity contribution in [3.05, 3.63) is 0 Å². The van der Waals surface area contributed by atoms with E-state index in [1.165, 1.54) is 12.8 Å². The average Bonchev–Trinajstić information content (AvgIpc) is 3.18. The first-order valence-electron chi connectivity index (χ1n) is 8.90. The number of aliphatic hydroxyl groups is 1. The molecule has 1 aliphatic heterocycles. The maximum atomic E-state index is 12.4. The second-order valence-corrected chi connectivity index (χ2v) is 7.27. The van der Waals surface area contributed by atoms with Crippen molar-refractivity contribution in [1.29, 1.82) is 0 Å². The lowest BCUT2D eigenvalue weighted by Crippen LogP contribution is -2.43. The molecule has 2 amide bonds. The van der Waals surface area contributed by atoms with Crippen LogP contribution in [0.1, 0.15) is 57.8 Å². The van der Waals surface area contributed by atoms with Gasteiger partial charge in [0.2, 0.25) is 11.8 Å². The van der Waals surface area contributed by atoms with Crippen LogP contribution in [0, 0.1) is 11.8 Å². The van der Waals surface area contributed by atoms with Crippen LogP contribution in [0.2, 0.25) is 0 Å². The molecule has 22 heavy (non-hydrogen) atoms. The zero-order valence-electron chi connectivity index (χ0n) is 13.3. The largest absolute Gasteiger partial charge is 0.391 e. The SMILES string of the molecule is O=C(NC1CCC(C(=O)N2CC[C@@H](O)C2)CC1)C1CCCC1. The highest BCUT2D eigenvalue weighted by atomic mass is 16.3. The molecule has 5 heteroatoms. The molecule has 0 aromatic heterocycles. The molecule has 3 aliphatic rings. The van der Waals surface area contributed by atoms with Crippen LogP contribution in [0.25, 0.3) is 0 Å². The van der Waals surface area contributed by atoms with Gasteiger partial charge in [0.15, 0.2) is 0 Å². The van der Waals surface area contributed by atoms with Crippen LogP contribution in [0.3, 0.4) is 0 Å². The van der Waals surface area contributed by atoms with Gasteiger partial charge < -0.3 is 15.3 Å². The Morgan fingerprint density at radius 2 is 1.59 bits per heavy atom. The molecule has 1 atom stereocenters. The van der Waals surface area contributed by atoms with Gasteiger partial charge in [-0.3, -0.25) is 9.59 Å². The summed E-state index contributed by atoms with van der Waals surface area (Å²) in [5, 5.41) is 12.7. The van der Waals surface area contributed by atoms with Crippen molar-refractivity contribution in [1.82, 2.24) is 10.2 Å². The van der Waals surface area contributed by atoms with E-state index in [4.69, 9.17) is 0 Å². The maximum absolute atomic E-state index is 12.4. The molecule has 0 unspecified atom stereocenters. The van der Waals surface area contributed by atoms with E-state index >= 15 is 0 Å². The van der Waals surface area contributed by atoms with Crippen molar-refractivity contribution < 1.29 is 14.7 Å². The number of likely N-dealkylation sites (tertiary alicyclic amines) is 1. The van der Waals surface area contributed by atoms with E-state index in [1.54, 1.807) is 0 Å². The second-order valence-electron chi connectivity index (χ2n) is 7.27. The molecule has 3 rings (SSSR count). The molecule has 2 saturated carbocycles. The topological polar surface area (TPSA) is 69.6 Å². The molecule has 5 nitrogen and oxygen atoms in total. The third-order valence-electron chi connectivity index (χ3n) is 5.62. The monoisotopic (exact) mass is 308 g/mol. The Bertz CT molecular complexity index is 412. The molecule has 0 bridgehead atoms. The molecule has 124 valence electrons. The first-order chi connectivity index (χ1) is 10.6. The summed E-state index contributed by atoms with van der Waals surface area (Å²) < 4.78 is 0. The number of hydrogen-bond donors (Lipinski definition) is 2. The van der Waals surface area contributed by atoms with E-state index in [-0.39, 0.29) is 35.8 Å². The Morgan fingerprint density at radius 1 is 0.909 bits per heavy atom. The zero-order chi connectivity index (χ0) is 15.5.